The van der Waals surface area contributed by atoms with E-state index in [-0.39, 0.29) is 6.04 Å². The van der Waals surface area contributed by atoms with Crippen molar-refractivity contribution in [1.82, 2.24) is 4.98 Å². The highest BCUT2D eigenvalue weighted by Crippen LogP contribution is 2.26. The number of nitrogens with two attached hydrogens (primary N) is 1. The molecule has 74 valence electrons. The van der Waals surface area contributed by atoms with Gasteiger partial charge in [-0.2, -0.15) is 0 Å². The number of aromatic nitrogens is 1. The molecular weight excluding hydrogens is 196 g/mol. The van der Waals surface area contributed by atoms with E-state index in [0.717, 1.165) is 17.5 Å². The SMILES string of the molecule is C[C@H](N)Cc1c(Cl)[nH]c2ccccc12. The Morgan fingerprint density at radius 2 is 2.14 bits per heavy atom. The maximum absolute atomic E-state index is 6.10. The summed E-state index contributed by atoms with van der Waals surface area (Å²) in [5, 5.41) is 1.89. The first-order chi connectivity index (χ1) is 6.68. The molecule has 14 heavy (non-hydrogen) atoms. The average molecular weight is 209 g/mol. The van der Waals surface area contributed by atoms with Crippen LogP contribution in [0, 0.1) is 0 Å². The number of benzene rings is 1. The highest BCUT2D eigenvalue weighted by Gasteiger charge is 2.10. The second kappa shape index (κ2) is 3.64. The minimum atomic E-state index is 0.131. The van der Waals surface area contributed by atoms with Crippen molar-refractivity contribution < 1.29 is 0 Å². The molecule has 1 heterocycles. The Hall–Kier alpha value is -0.990. The van der Waals surface area contributed by atoms with Gasteiger partial charge in [-0.05, 0) is 25.0 Å². The number of H-pyrrole nitrogens is 1. The zero-order valence-corrected chi connectivity index (χ0v) is 8.81. The van der Waals surface area contributed by atoms with Crippen molar-refractivity contribution >= 4 is 22.5 Å². The fourth-order valence-electron chi connectivity index (χ4n) is 1.69. The van der Waals surface area contributed by atoms with Gasteiger partial charge in [-0.25, -0.2) is 0 Å². The van der Waals surface area contributed by atoms with Crippen LogP contribution < -0.4 is 5.73 Å². The van der Waals surface area contributed by atoms with E-state index in [0.29, 0.717) is 5.15 Å². The van der Waals surface area contributed by atoms with E-state index in [1.165, 1.54) is 5.39 Å². The van der Waals surface area contributed by atoms with Crippen molar-refractivity contribution in [2.75, 3.05) is 0 Å². The van der Waals surface area contributed by atoms with Gasteiger partial charge in [0.25, 0.3) is 0 Å². The highest BCUT2D eigenvalue weighted by molar-refractivity contribution is 6.31. The zero-order valence-electron chi connectivity index (χ0n) is 8.05. The van der Waals surface area contributed by atoms with E-state index in [1.807, 2.05) is 25.1 Å². The number of halogens is 1. The van der Waals surface area contributed by atoms with Crippen molar-refractivity contribution in [2.45, 2.75) is 19.4 Å². The van der Waals surface area contributed by atoms with Crippen molar-refractivity contribution in [2.24, 2.45) is 5.73 Å². The number of hydrogen-bond acceptors (Lipinski definition) is 1. The molecule has 0 fully saturated rings. The third-order valence-electron chi connectivity index (χ3n) is 2.29. The Bertz CT molecular complexity index is 445. The van der Waals surface area contributed by atoms with Crippen LogP contribution in [0.5, 0.6) is 0 Å². The molecule has 0 amide bonds. The molecule has 3 heteroatoms. The normalized spacial score (nSPS) is 13.4. The fraction of sp³-hybridized carbons (Fsp3) is 0.273. The third-order valence-corrected chi connectivity index (χ3v) is 2.61. The molecule has 0 saturated carbocycles. The van der Waals surface area contributed by atoms with E-state index in [1.54, 1.807) is 0 Å². The van der Waals surface area contributed by atoms with Crippen LogP contribution in [0.3, 0.4) is 0 Å². The summed E-state index contributed by atoms with van der Waals surface area (Å²) in [6, 6.07) is 8.22. The van der Waals surface area contributed by atoms with Gasteiger partial charge in [-0.3, -0.25) is 0 Å². The maximum atomic E-state index is 6.10. The van der Waals surface area contributed by atoms with Gasteiger partial charge in [0.05, 0.1) is 0 Å². The molecular formula is C11H13ClN2. The van der Waals surface area contributed by atoms with E-state index >= 15 is 0 Å². The van der Waals surface area contributed by atoms with Crippen molar-refractivity contribution in [1.29, 1.82) is 0 Å². The molecule has 1 atom stereocenters. The van der Waals surface area contributed by atoms with Gasteiger partial charge in [-0.1, -0.05) is 29.8 Å². The topological polar surface area (TPSA) is 41.8 Å². The van der Waals surface area contributed by atoms with Crippen molar-refractivity contribution in [3.8, 4) is 0 Å². The van der Waals surface area contributed by atoms with Crippen molar-refractivity contribution in [3.05, 3.63) is 35.0 Å². The van der Waals surface area contributed by atoms with Gasteiger partial charge in [0.15, 0.2) is 0 Å². The van der Waals surface area contributed by atoms with Crippen LogP contribution >= 0.6 is 11.6 Å². The number of fused-ring (bicyclic) bond motifs is 1. The predicted octanol–water partition coefficient (Wildman–Crippen LogP) is 2.71. The molecule has 0 bridgehead atoms. The number of aromatic amines is 1. The molecule has 0 aliphatic rings. The Morgan fingerprint density at radius 1 is 1.43 bits per heavy atom. The minimum Gasteiger partial charge on any atom is -0.345 e. The molecule has 3 N–H and O–H groups in total. The molecule has 0 spiro atoms. The number of para-hydroxylation sites is 1. The first kappa shape index (κ1) is 9.56. The first-order valence-electron chi connectivity index (χ1n) is 4.69. The van der Waals surface area contributed by atoms with Gasteiger partial charge in [0.2, 0.25) is 0 Å². The Morgan fingerprint density at radius 3 is 2.86 bits per heavy atom. The van der Waals surface area contributed by atoms with Gasteiger partial charge < -0.3 is 10.7 Å². The summed E-state index contributed by atoms with van der Waals surface area (Å²) in [7, 11) is 0. The zero-order chi connectivity index (χ0) is 10.1. The molecule has 1 aromatic heterocycles. The van der Waals surface area contributed by atoms with Crippen LogP contribution in [-0.4, -0.2) is 11.0 Å². The van der Waals surface area contributed by atoms with Crippen LogP contribution in [-0.2, 0) is 6.42 Å². The molecule has 0 saturated heterocycles. The third kappa shape index (κ3) is 1.63. The lowest BCUT2D eigenvalue weighted by atomic mass is 10.1. The molecule has 0 aliphatic heterocycles. The highest BCUT2D eigenvalue weighted by atomic mass is 35.5. The van der Waals surface area contributed by atoms with Crippen LogP contribution in [0.4, 0.5) is 0 Å². The standard InChI is InChI=1S/C11H13ClN2/c1-7(13)6-9-8-4-2-3-5-10(8)14-11(9)12/h2-5,7,14H,6,13H2,1H3/t7-/m0/s1. The van der Waals surface area contributed by atoms with Gasteiger partial charge in [-0.15, -0.1) is 0 Å². The second-order valence-electron chi connectivity index (χ2n) is 3.64. The summed E-state index contributed by atoms with van der Waals surface area (Å²) in [6.45, 7) is 1.98. The molecule has 0 radical (unpaired) electrons. The Labute approximate surface area is 88.1 Å². The Balaban J connectivity index is 2.56. The lowest BCUT2D eigenvalue weighted by Crippen LogP contribution is -2.17. The maximum Gasteiger partial charge on any atom is 0.110 e. The number of nitrogens with one attached hydrogen (secondary N) is 1. The fourth-order valence-corrected chi connectivity index (χ4v) is 1.97. The summed E-state index contributed by atoms with van der Waals surface area (Å²) in [5.41, 5.74) is 7.97. The van der Waals surface area contributed by atoms with E-state index in [4.69, 9.17) is 17.3 Å². The lowest BCUT2D eigenvalue weighted by Gasteiger charge is -2.03. The van der Waals surface area contributed by atoms with Gasteiger partial charge in [0, 0.05) is 16.9 Å². The largest absolute Gasteiger partial charge is 0.345 e. The van der Waals surface area contributed by atoms with Gasteiger partial charge >= 0.3 is 0 Å². The molecule has 2 aromatic rings. The quantitative estimate of drug-likeness (QED) is 0.783. The predicted molar refractivity (Wildman–Crippen MR) is 60.7 cm³/mol. The van der Waals surface area contributed by atoms with Crippen molar-refractivity contribution in [3.63, 3.8) is 0 Å². The molecule has 2 rings (SSSR count). The second-order valence-corrected chi connectivity index (χ2v) is 4.02. The minimum absolute atomic E-state index is 0.131. The molecule has 0 unspecified atom stereocenters. The molecule has 2 nitrogen and oxygen atoms in total. The summed E-state index contributed by atoms with van der Waals surface area (Å²) in [4.78, 5) is 3.14. The van der Waals surface area contributed by atoms with Crippen LogP contribution in [0.25, 0.3) is 10.9 Å². The molecule has 1 aromatic carbocycles. The number of hydrogen-bond donors (Lipinski definition) is 2. The molecule has 0 aliphatic carbocycles. The lowest BCUT2D eigenvalue weighted by molar-refractivity contribution is 0.741. The summed E-state index contributed by atoms with van der Waals surface area (Å²) in [6.07, 6.45) is 0.808. The Kier molecular flexibility index (Phi) is 2.48. The average Bonchev–Trinajstić information content (AvgIpc) is 2.43. The van der Waals surface area contributed by atoms with Crippen LogP contribution in [0.2, 0.25) is 5.15 Å². The van der Waals surface area contributed by atoms with Gasteiger partial charge in [0.1, 0.15) is 5.15 Å². The number of rotatable bonds is 2. The smallest absolute Gasteiger partial charge is 0.110 e. The van der Waals surface area contributed by atoms with E-state index in [9.17, 15) is 0 Å². The van der Waals surface area contributed by atoms with E-state index < -0.39 is 0 Å². The monoisotopic (exact) mass is 208 g/mol. The first-order valence-corrected chi connectivity index (χ1v) is 5.07. The van der Waals surface area contributed by atoms with Crippen LogP contribution in [0.15, 0.2) is 24.3 Å². The summed E-state index contributed by atoms with van der Waals surface area (Å²) >= 11 is 6.10. The van der Waals surface area contributed by atoms with Crippen LogP contribution in [0.1, 0.15) is 12.5 Å². The summed E-state index contributed by atoms with van der Waals surface area (Å²) < 4.78 is 0. The van der Waals surface area contributed by atoms with E-state index in [2.05, 4.69) is 11.1 Å². The summed E-state index contributed by atoms with van der Waals surface area (Å²) in [5.74, 6) is 0.